The summed E-state index contributed by atoms with van der Waals surface area (Å²) in [5.41, 5.74) is 1.13. The van der Waals surface area contributed by atoms with Crippen LogP contribution in [0.3, 0.4) is 0 Å². The maximum atomic E-state index is 13.4. The van der Waals surface area contributed by atoms with Crippen molar-refractivity contribution in [1.29, 1.82) is 0 Å². The van der Waals surface area contributed by atoms with E-state index in [-0.39, 0.29) is 23.0 Å². The van der Waals surface area contributed by atoms with E-state index < -0.39 is 17.7 Å². The van der Waals surface area contributed by atoms with Crippen LogP contribution in [-0.2, 0) is 23.1 Å². The summed E-state index contributed by atoms with van der Waals surface area (Å²) in [6, 6.07) is 18.2. The number of fused-ring (bicyclic) bond motifs is 1. The van der Waals surface area contributed by atoms with Gasteiger partial charge in [-0.1, -0.05) is 72.0 Å². The Bertz CT molecular complexity index is 1580. The van der Waals surface area contributed by atoms with Crippen LogP contribution in [0.25, 0.3) is 21.7 Å². The molecule has 0 spiro atoms. The summed E-state index contributed by atoms with van der Waals surface area (Å²) in [4.78, 5) is 50.9. The van der Waals surface area contributed by atoms with Crippen molar-refractivity contribution >= 4 is 38.8 Å². The van der Waals surface area contributed by atoms with Gasteiger partial charge in [0.25, 0.3) is 5.56 Å². The van der Waals surface area contributed by atoms with E-state index in [9.17, 15) is 14.4 Å². The van der Waals surface area contributed by atoms with Gasteiger partial charge in [-0.05, 0) is 32.8 Å². The highest BCUT2D eigenvalue weighted by Gasteiger charge is 2.40. The van der Waals surface area contributed by atoms with Crippen molar-refractivity contribution in [2.45, 2.75) is 51.4 Å². The van der Waals surface area contributed by atoms with Crippen LogP contribution in [0, 0.1) is 0 Å². The standard InChI is InChI=1S/C29H32N6O4S/c1-29(2,3)39-28(38)31-20-15-21(24(36)30-16-18-11-7-5-8-12-18)35(17-20)27-32-22-25(40-27)33-23(34(4)26(22)37)19-13-9-6-10-14-19/h5-14,20-21H,15-17H2,1-4H3,(H,30,36)(H,31,38)/t20-,21+/m0/s1. The first-order chi connectivity index (χ1) is 19.1. The van der Waals surface area contributed by atoms with Gasteiger partial charge in [-0.3, -0.25) is 14.2 Å². The molecule has 1 saturated heterocycles. The molecule has 208 valence electrons. The van der Waals surface area contributed by atoms with Gasteiger partial charge >= 0.3 is 6.09 Å². The van der Waals surface area contributed by atoms with Gasteiger partial charge in [0.15, 0.2) is 15.5 Å². The number of hydrogen-bond donors (Lipinski definition) is 2. The average molecular weight is 561 g/mol. The minimum absolute atomic E-state index is 0.192. The smallest absolute Gasteiger partial charge is 0.407 e. The van der Waals surface area contributed by atoms with Crippen LogP contribution >= 0.6 is 11.3 Å². The number of anilines is 1. The first kappa shape index (κ1) is 27.3. The number of carbonyl (C=O) groups is 2. The zero-order chi connectivity index (χ0) is 28.4. The summed E-state index contributed by atoms with van der Waals surface area (Å²) in [5, 5.41) is 6.40. The van der Waals surface area contributed by atoms with Gasteiger partial charge in [0.2, 0.25) is 5.91 Å². The third kappa shape index (κ3) is 5.99. The predicted octanol–water partition coefficient (Wildman–Crippen LogP) is 3.85. The summed E-state index contributed by atoms with van der Waals surface area (Å²) in [5.74, 6) is 0.346. The second-order valence-corrected chi connectivity index (χ2v) is 11.7. The van der Waals surface area contributed by atoms with E-state index >= 15 is 0 Å². The van der Waals surface area contributed by atoms with E-state index in [4.69, 9.17) is 9.72 Å². The van der Waals surface area contributed by atoms with Crippen LogP contribution in [0.5, 0.6) is 0 Å². The number of amides is 2. The lowest BCUT2D eigenvalue weighted by Gasteiger charge is -2.23. The van der Waals surface area contributed by atoms with Crippen LogP contribution in [0.1, 0.15) is 32.8 Å². The van der Waals surface area contributed by atoms with Gasteiger partial charge < -0.3 is 20.3 Å². The van der Waals surface area contributed by atoms with Crippen LogP contribution in [0.2, 0.25) is 0 Å². The molecular formula is C29H32N6O4S. The fourth-order valence-corrected chi connectivity index (χ4v) is 5.68. The number of aromatic nitrogens is 3. The predicted molar refractivity (Wildman–Crippen MR) is 155 cm³/mol. The molecule has 10 nitrogen and oxygen atoms in total. The Morgan fingerprint density at radius 2 is 1.73 bits per heavy atom. The second-order valence-electron chi connectivity index (χ2n) is 10.8. The molecule has 0 bridgehead atoms. The number of nitrogens with zero attached hydrogens (tertiary/aromatic N) is 4. The number of carbonyl (C=O) groups excluding carboxylic acids is 2. The van der Waals surface area contributed by atoms with Gasteiger partial charge in [0, 0.05) is 25.7 Å². The molecule has 0 aliphatic carbocycles. The molecule has 2 aromatic carbocycles. The lowest BCUT2D eigenvalue weighted by Crippen LogP contribution is -2.43. The van der Waals surface area contributed by atoms with E-state index in [2.05, 4.69) is 15.6 Å². The summed E-state index contributed by atoms with van der Waals surface area (Å²) >= 11 is 1.26. The molecule has 40 heavy (non-hydrogen) atoms. The van der Waals surface area contributed by atoms with E-state index in [1.165, 1.54) is 15.9 Å². The Kier molecular flexibility index (Phi) is 7.57. The molecule has 3 heterocycles. The van der Waals surface area contributed by atoms with Crippen molar-refractivity contribution in [3.8, 4) is 11.4 Å². The van der Waals surface area contributed by atoms with Crippen LogP contribution in [0.15, 0.2) is 65.5 Å². The SMILES string of the molecule is Cn1c(-c2ccccc2)nc2sc(N3C[C@@H](NC(=O)OC(C)(C)C)C[C@@H]3C(=O)NCc3ccccc3)nc2c1=O. The highest BCUT2D eigenvalue weighted by Crippen LogP contribution is 2.33. The minimum Gasteiger partial charge on any atom is -0.444 e. The van der Waals surface area contributed by atoms with Crippen molar-refractivity contribution in [3.05, 3.63) is 76.6 Å². The number of thiazole rings is 1. The molecule has 2 amide bonds. The molecule has 1 aliphatic rings. The van der Waals surface area contributed by atoms with Crippen molar-refractivity contribution in [3.63, 3.8) is 0 Å². The third-order valence-electron chi connectivity index (χ3n) is 6.54. The number of hydrogen-bond acceptors (Lipinski definition) is 8. The maximum absolute atomic E-state index is 13.4. The van der Waals surface area contributed by atoms with Gasteiger partial charge in [0.1, 0.15) is 17.5 Å². The summed E-state index contributed by atoms with van der Waals surface area (Å²) in [6.07, 6.45) is -0.189. The first-order valence-electron chi connectivity index (χ1n) is 13.1. The fraction of sp³-hybridized carbons (Fsp3) is 0.345. The van der Waals surface area contributed by atoms with Crippen LogP contribution in [-0.4, -0.2) is 50.8 Å². The molecule has 0 radical (unpaired) electrons. The van der Waals surface area contributed by atoms with Crippen molar-refractivity contribution in [1.82, 2.24) is 25.2 Å². The van der Waals surface area contributed by atoms with E-state index in [0.717, 1.165) is 11.1 Å². The molecule has 0 saturated carbocycles. The quantitative estimate of drug-likeness (QED) is 0.368. The Balaban J connectivity index is 1.45. The average Bonchev–Trinajstić information content (AvgIpc) is 3.54. The highest BCUT2D eigenvalue weighted by atomic mass is 32.1. The number of benzene rings is 2. The number of rotatable bonds is 6. The van der Waals surface area contributed by atoms with Gasteiger partial charge in [-0.15, -0.1) is 0 Å². The van der Waals surface area contributed by atoms with Gasteiger partial charge in [0.05, 0.1) is 6.04 Å². The van der Waals surface area contributed by atoms with Gasteiger partial charge in [-0.2, -0.15) is 0 Å². The van der Waals surface area contributed by atoms with Gasteiger partial charge in [-0.25, -0.2) is 14.8 Å². The topological polar surface area (TPSA) is 118 Å². The summed E-state index contributed by atoms with van der Waals surface area (Å²) in [7, 11) is 1.67. The number of alkyl carbamates (subject to hydrolysis) is 1. The number of ether oxygens (including phenoxy) is 1. The zero-order valence-corrected chi connectivity index (χ0v) is 23.7. The minimum atomic E-state index is -0.649. The normalized spacial score (nSPS) is 17.1. The molecule has 2 aromatic heterocycles. The Hall–Kier alpha value is -4.25. The molecule has 1 aliphatic heterocycles. The van der Waals surface area contributed by atoms with Crippen molar-refractivity contribution < 1.29 is 14.3 Å². The Morgan fingerprint density at radius 1 is 1.05 bits per heavy atom. The van der Waals surface area contributed by atoms with Crippen molar-refractivity contribution in [2.24, 2.45) is 7.05 Å². The van der Waals surface area contributed by atoms with Crippen LogP contribution < -0.4 is 21.1 Å². The molecule has 2 N–H and O–H groups in total. The molecule has 1 fully saturated rings. The summed E-state index contributed by atoms with van der Waals surface area (Å²) < 4.78 is 6.93. The summed E-state index contributed by atoms with van der Waals surface area (Å²) in [6.45, 7) is 6.09. The lowest BCUT2D eigenvalue weighted by atomic mass is 10.1. The molecular weight excluding hydrogens is 528 g/mol. The van der Waals surface area contributed by atoms with E-state index in [1.807, 2.05) is 65.6 Å². The first-order valence-corrected chi connectivity index (χ1v) is 13.9. The fourth-order valence-electron chi connectivity index (χ4n) is 4.69. The molecule has 11 heteroatoms. The highest BCUT2D eigenvalue weighted by molar-refractivity contribution is 7.21. The molecule has 4 aromatic rings. The lowest BCUT2D eigenvalue weighted by molar-refractivity contribution is -0.122. The van der Waals surface area contributed by atoms with E-state index in [1.54, 1.807) is 27.8 Å². The Labute approximate surface area is 236 Å². The van der Waals surface area contributed by atoms with E-state index in [0.29, 0.717) is 35.3 Å². The molecule has 0 unspecified atom stereocenters. The monoisotopic (exact) mass is 560 g/mol. The zero-order valence-electron chi connectivity index (χ0n) is 22.9. The van der Waals surface area contributed by atoms with Crippen molar-refractivity contribution in [2.75, 3.05) is 11.4 Å². The molecule has 2 atom stereocenters. The molecule has 5 rings (SSSR count). The third-order valence-corrected chi connectivity index (χ3v) is 7.53. The maximum Gasteiger partial charge on any atom is 0.407 e. The second kappa shape index (κ2) is 11.1. The largest absolute Gasteiger partial charge is 0.444 e. The van der Waals surface area contributed by atoms with Crippen LogP contribution in [0.4, 0.5) is 9.93 Å². The Morgan fingerprint density at radius 3 is 2.40 bits per heavy atom. The number of nitrogens with one attached hydrogen (secondary N) is 2.